The Morgan fingerprint density at radius 1 is 0.435 bits per heavy atom. The number of unbranched alkanes of at least 4 members (excludes halogenated alkanes) is 1. The number of benzene rings is 4. The maximum atomic E-state index is 13.0. The summed E-state index contributed by atoms with van der Waals surface area (Å²) in [5.74, 6) is 2.19. The van der Waals surface area contributed by atoms with E-state index in [-0.39, 0.29) is 40.8 Å². The maximum Gasteiger partial charge on any atom is 0.347 e. The number of ketones is 1. The molecule has 6 aromatic rings. The smallest absolute Gasteiger partial charge is 0.347 e. The molecule has 4 aromatic carbocycles. The summed E-state index contributed by atoms with van der Waals surface area (Å²) in [6, 6.07) is 34.2. The molecule has 2 aliphatic rings. The van der Waals surface area contributed by atoms with Gasteiger partial charge in [0.05, 0.1) is 42.3 Å². The molecule has 0 bridgehead atoms. The van der Waals surface area contributed by atoms with E-state index in [9.17, 15) is 19.2 Å². The van der Waals surface area contributed by atoms with E-state index in [1.165, 1.54) is 0 Å². The zero-order valence-electron chi connectivity index (χ0n) is 33.4. The lowest BCUT2D eigenvalue weighted by molar-refractivity contribution is 0.0729. The number of Topliss-reactive ketones (excluding diaryl/α,β-unsaturated/α-hetero) is 1. The first kappa shape index (κ1) is 42.3. The van der Waals surface area contributed by atoms with Crippen molar-refractivity contribution in [3.63, 3.8) is 0 Å². The zero-order valence-corrected chi connectivity index (χ0v) is 35.4. The van der Waals surface area contributed by atoms with Gasteiger partial charge in [0.15, 0.2) is 5.78 Å². The number of hydrogen-bond donors (Lipinski definition) is 0. The van der Waals surface area contributed by atoms with Crippen molar-refractivity contribution in [1.82, 2.24) is 0 Å². The second-order valence-electron chi connectivity index (χ2n) is 14.3. The van der Waals surface area contributed by atoms with Gasteiger partial charge >= 0.3 is 17.9 Å². The second-order valence-corrected chi connectivity index (χ2v) is 17.0. The Kier molecular flexibility index (Phi) is 14.0. The topological polar surface area (TPSA) is 158 Å². The van der Waals surface area contributed by atoms with Gasteiger partial charge in [-0.2, -0.15) is 0 Å². The van der Waals surface area contributed by atoms with Crippen LogP contribution in [0.2, 0.25) is 0 Å². The van der Waals surface area contributed by atoms with Crippen molar-refractivity contribution in [3.05, 3.63) is 148 Å². The number of rotatable bonds is 22. The first-order valence-electron chi connectivity index (χ1n) is 20.0. The molecule has 2 fully saturated rings. The van der Waals surface area contributed by atoms with E-state index in [1.54, 1.807) is 97.1 Å². The predicted octanol–water partition coefficient (Wildman–Crippen LogP) is 8.63. The van der Waals surface area contributed by atoms with Crippen LogP contribution in [-0.4, -0.2) is 75.5 Å². The summed E-state index contributed by atoms with van der Waals surface area (Å²) in [7, 11) is -0.268. The van der Waals surface area contributed by atoms with Gasteiger partial charge in [-0.15, -0.1) is 16.4 Å². The largest absolute Gasteiger partial charge is 0.494 e. The number of epoxide rings is 2. The maximum absolute atomic E-state index is 13.0. The van der Waals surface area contributed by atoms with Crippen molar-refractivity contribution >= 4 is 40.1 Å². The molecule has 0 amide bonds. The minimum atomic E-state index is -0.542. The van der Waals surface area contributed by atoms with Gasteiger partial charge in [-0.05, 0) is 128 Å². The van der Waals surface area contributed by atoms with E-state index < -0.39 is 17.9 Å². The number of ether oxygens (including phenoxy) is 9. The molecule has 4 heterocycles. The van der Waals surface area contributed by atoms with Crippen LogP contribution in [0.5, 0.6) is 40.2 Å². The van der Waals surface area contributed by atoms with E-state index in [0.29, 0.717) is 101 Å². The molecule has 8 rings (SSSR count). The van der Waals surface area contributed by atoms with Gasteiger partial charge in [0.2, 0.25) is 0 Å². The third-order valence-electron chi connectivity index (χ3n) is 9.48. The Hall–Kier alpha value is -6.36. The van der Waals surface area contributed by atoms with Crippen LogP contribution in [0.4, 0.5) is 0 Å². The summed E-state index contributed by atoms with van der Waals surface area (Å²) in [6.07, 6.45) is 2.03. The van der Waals surface area contributed by atoms with E-state index in [1.807, 2.05) is 24.3 Å². The van der Waals surface area contributed by atoms with E-state index in [4.69, 9.17) is 42.6 Å². The lowest BCUT2D eigenvalue weighted by atomic mass is 10.1. The van der Waals surface area contributed by atoms with Gasteiger partial charge in [0, 0.05) is 11.7 Å². The van der Waals surface area contributed by atoms with Crippen LogP contribution in [0.15, 0.2) is 121 Å². The van der Waals surface area contributed by atoms with Gasteiger partial charge in [-0.25, -0.2) is 14.4 Å². The normalized spacial score (nSPS) is 15.2. The minimum Gasteiger partial charge on any atom is -0.494 e. The molecular formula is C47H42O13P2. The molecule has 4 atom stereocenters. The fourth-order valence-corrected chi connectivity index (χ4v) is 7.82. The predicted molar refractivity (Wildman–Crippen MR) is 231 cm³/mol. The molecule has 62 heavy (non-hydrogen) atoms. The Bertz CT molecular complexity index is 2280. The van der Waals surface area contributed by atoms with Crippen LogP contribution in [-0.2, 0) is 15.9 Å². The highest BCUT2D eigenvalue weighted by Crippen LogP contribution is 2.29. The van der Waals surface area contributed by atoms with Crippen LogP contribution in [0.1, 0.15) is 58.8 Å². The molecule has 15 heteroatoms. The summed E-state index contributed by atoms with van der Waals surface area (Å²) >= 11 is 0. The Labute approximate surface area is 360 Å². The van der Waals surface area contributed by atoms with Crippen molar-refractivity contribution in [2.24, 2.45) is 0 Å². The van der Waals surface area contributed by atoms with Crippen LogP contribution >= 0.6 is 16.4 Å². The highest BCUT2D eigenvalue weighted by molar-refractivity contribution is 7.35. The van der Waals surface area contributed by atoms with Crippen molar-refractivity contribution in [2.75, 3.05) is 39.6 Å². The molecule has 2 aromatic heterocycles. The van der Waals surface area contributed by atoms with Crippen molar-refractivity contribution in [1.29, 1.82) is 0 Å². The molecule has 2 aliphatic heterocycles. The second kappa shape index (κ2) is 20.5. The molecule has 0 radical (unpaired) electrons. The van der Waals surface area contributed by atoms with Crippen LogP contribution < -0.4 is 33.2 Å². The Morgan fingerprint density at radius 3 is 1.15 bits per heavy atom. The van der Waals surface area contributed by atoms with Gasteiger partial charge in [-0.1, -0.05) is 12.1 Å². The molecule has 4 unspecified atom stereocenters. The van der Waals surface area contributed by atoms with Crippen LogP contribution in [0, 0.1) is 0 Å². The SMILES string of the molecule is O=C(Cc1ccc(OCCCCOc2ccc(OC(=O)c3ccc(C(=O)Oc4ccc(OCC5CO5)cc4)[pH]3)cc2)cc1)c1ccc(C(=O)Oc2ccc(OCC3CO3)cc2)[pH]1. The van der Waals surface area contributed by atoms with Crippen LogP contribution in [0.3, 0.4) is 0 Å². The van der Waals surface area contributed by atoms with E-state index in [2.05, 4.69) is 0 Å². The monoisotopic (exact) mass is 876 g/mol. The van der Waals surface area contributed by atoms with Crippen molar-refractivity contribution < 1.29 is 61.8 Å². The van der Waals surface area contributed by atoms with Gasteiger partial charge in [0.25, 0.3) is 0 Å². The van der Waals surface area contributed by atoms with Gasteiger partial charge < -0.3 is 42.6 Å². The fraction of sp³-hybridized carbons (Fsp3) is 0.234. The highest BCUT2D eigenvalue weighted by atomic mass is 31.0. The third-order valence-corrected chi connectivity index (χ3v) is 12.1. The number of carbonyl (C=O) groups excluding carboxylic acids is 4. The summed E-state index contributed by atoms with van der Waals surface area (Å²) in [5.41, 5.74) is 0.846. The molecule has 318 valence electrons. The third kappa shape index (κ3) is 12.6. The average Bonchev–Trinajstić information content (AvgIpc) is 4.20. The van der Waals surface area contributed by atoms with Crippen molar-refractivity contribution in [2.45, 2.75) is 31.5 Å². The summed E-state index contributed by atoms with van der Waals surface area (Å²) in [5, 5.41) is 1.78. The Morgan fingerprint density at radius 2 is 0.758 bits per heavy atom. The molecule has 13 nitrogen and oxygen atoms in total. The minimum absolute atomic E-state index is 0.0485. The molecule has 0 spiro atoms. The summed E-state index contributed by atoms with van der Waals surface area (Å²) in [4.78, 5) is 51.2. The molecule has 0 N–H and O–H groups in total. The van der Waals surface area contributed by atoms with E-state index >= 15 is 0 Å². The zero-order chi connectivity index (χ0) is 42.7. The summed E-state index contributed by atoms with van der Waals surface area (Å²) in [6.45, 7) is 3.37. The number of hydrogen-bond acceptors (Lipinski definition) is 13. The van der Waals surface area contributed by atoms with Gasteiger partial charge in [-0.3, -0.25) is 4.79 Å². The lowest BCUT2D eigenvalue weighted by Gasteiger charge is -2.09. The summed E-state index contributed by atoms with van der Waals surface area (Å²) < 4.78 is 49.7. The van der Waals surface area contributed by atoms with Crippen molar-refractivity contribution in [3.8, 4) is 40.2 Å². The molecule has 2 saturated heterocycles. The molecule has 0 saturated carbocycles. The van der Waals surface area contributed by atoms with Gasteiger partial charge in [0.1, 0.15) is 65.7 Å². The quantitative estimate of drug-likeness (QED) is 0.0210. The number of carbonyl (C=O) groups is 4. The lowest BCUT2D eigenvalue weighted by Crippen LogP contribution is -2.07. The first-order chi connectivity index (χ1) is 30.3. The fourth-order valence-electron chi connectivity index (χ4n) is 5.88. The molecular weight excluding hydrogens is 834 g/mol. The standard InChI is InChI=1S/C47H42O13P2/c48-40(41-19-20-42(61-41)45(49)58-36-15-9-33(10-16-36)54-26-38-28-56-38)25-30-3-5-31(6-4-30)52-23-1-2-24-53-32-7-13-35(14-8-32)59-46(50)43-21-22-44(62-43)47(51)60-37-17-11-34(12-18-37)55-27-39-29-57-39/h3-22,38-39,61-62H,1-2,23-29H2. The molecule has 0 aliphatic carbocycles. The number of esters is 3. The first-order valence-corrected chi connectivity index (χ1v) is 22.0. The van der Waals surface area contributed by atoms with E-state index in [0.717, 1.165) is 18.4 Å². The van der Waals surface area contributed by atoms with Crippen LogP contribution in [0.25, 0.3) is 0 Å². The Balaban J connectivity index is 0.690. The highest BCUT2D eigenvalue weighted by Gasteiger charge is 2.24. The average molecular weight is 877 g/mol.